The number of nitrogens with zero attached hydrogens (tertiary/aromatic N) is 3. The molecule has 0 spiro atoms. The number of aromatic nitrogens is 4. The lowest BCUT2D eigenvalue weighted by Crippen LogP contribution is -1.93. The minimum Gasteiger partial charge on any atom is -0.383 e. The van der Waals surface area contributed by atoms with Crippen LogP contribution in [0, 0.1) is 0 Å². The maximum Gasteiger partial charge on any atom is 0.186 e. The Balaban J connectivity index is 2.24. The fraction of sp³-hybridized carbons (Fsp3) is 0.154. The number of fused-ring (bicyclic) bond motifs is 1. The predicted octanol–water partition coefficient (Wildman–Crippen LogP) is 2.22. The van der Waals surface area contributed by atoms with E-state index in [0.29, 0.717) is 11.5 Å². The van der Waals surface area contributed by atoms with Crippen LogP contribution in [0.2, 0.25) is 0 Å². The first-order chi connectivity index (χ1) is 8.75. The zero-order valence-electron chi connectivity index (χ0n) is 10.0. The Morgan fingerprint density at radius 3 is 3.11 bits per heavy atom. The fourth-order valence-electron chi connectivity index (χ4n) is 2.04. The second-order valence-electron chi connectivity index (χ2n) is 4.24. The van der Waals surface area contributed by atoms with Crippen molar-refractivity contribution in [2.24, 2.45) is 0 Å². The minimum atomic E-state index is 0.448. The van der Waals surface area contributed by atoms with E-state index in [2.05, 4.69) is 51.4 Å². The summed E-state index contributed by atoms with van der Waals surface area (Å²) in [4.78, 5) is 8.12. The van der Waals surface area contributed by atoms with E-state index in [1.807, 2.05) is 0 Å². The molecule has 0 aromatic carbocycles. The largest absolute Gasteiger partial charge is 0.383 e. The average Bonchev–Trinajstić information content (AvgIpc) is 2.67. The molecule has 2 aromatic rings. The van der Waals surface area contributed by atoms with Gasteiger partial charge in [-0.3, -0.25) is 5.10 Å². The molecule has 0 radical (unpaired) electrons. The summed E-state index contributed by atoms with van der Waals surface area (Å²) in [6.45, 7) is 2.07. The molecule has 0 unspecified atom stereocenters. The fourth-order valence-corrected chi connectivity index (χ4v) is 2.04. The van der Waals surface area contributed by atoms with Crippen molar-refractivity contribution in [1.82, 2.24) is 20.2 Å². The van der Waals surface area contributed by atoms with Gasteiger partial charge < -0.3 is 5.73 Å². The van der Waals surface area contributed by atoms with Gasteiger partial charge in [-0.2, -0.15) is 5.10 Å². The second-order valence-corrected chi connectivity index (χ2v) is 4.24. The van der Waals surface area contributed by atoms with E-state index in [1.165, 1.54) is 11.9 Å². The summed E-state index contributed by atoms with van der Waals surface area (Å²) in [7, 11) is 0. The first kappa shape index (κ1) is 10.7. The van der Waals surface area contributed by atoms with Crippen molar-refractivity contribution in [3.63, 3.8) is 0 Å². The molecule has 18 heavy (non-hydrogen) atoms. The Kier molecular flexibility index (Phi) is 2.44. The Bertz CT molecular complexity index is 690. The molecule has 0 saturated carbocycles. The monoisotopic (exact) mass is 239 g/mol. The normalized spacial score (nSPS) is 15.4. The summed E-state index contributed by atoms with van der Waals surface area (Å²) in [5.74, 6) is 0.448. The number of nitrogen functional groups attached to an aromatic ring is 1. The van der Waals surface area contributed by atoms with Crippen molar-refractivity contribution in [3.8, 4) is 0 Å². The van der Waals surface area contributed by atoms with Gasteiger partial charge in [-0.05, 0) is 13.3 Å². The summed E-state index contributed by atoms with van der Waals surface area (Å²) in [5, 5.41) is 7.93. The molecule has 5 nitrogen and oxygen atoms in total. The van der Waals surface area contributed by atoms with Crippen LogP contribution < -0.4 is 5.73 Å². The molecular formula is C13H13N5. The van der Waals surface area contributed by atoms with Crippen molar-refractivity contribution in [2.45, 2.75) is 13.3 Å². The molecular weight excluding hydrogens is 226 g/mol. The van der Waals surface area contributed by atoms with Gasteiger partial charge in [-0.1, -0.05) is 29.9 Å². The Hall–Kier alpha value is -2.43. The Morgan fingerprint density at radius 1 is 1.33 bits per heavy atom. The number of hydrogen-bond donors (Lipinski definition) is 2. The smallest absolute Gasteiger partial charge is 0.186 e. The highest BCUT2D eigenvalue weighted by Gasteiger charge is 2.13. The summed E-state index contributed by atoms with van der Waals surface area (Å²) >= 11 is 0. The van der Waals surface area contributed by atoms with Crippen LogP contribution in [0.4, 0.5) is 5.82 Å². The van der Waals surface area contributed by atoms with Gasteiger partial charge in [0.05, 0.1) is 11.1 Å². The van der Waals surface area contributed by atoms with Crippen LogP contribution >= 0.6 is 0 Å². The third-order valence-corrected chi connectivity index (χ3v) is 2.93. The van der Waals surface area contributed by atoms with Crippen LogP contribution in [0.1, 0.15) is 19.0 Å². The van der Waals surface area contributed by atoms with E-state index in [9.17, 15) is 0 Å². The van der Waals surface area contributed by atoms with Crippen molar-refractivity contribution in [3.05, 3.63) is 41.9 Å². The molecule has 3 rings (SSSR count). The lowest BCUT2D eigenvalue weighted by Gasteiger charge is -2.01. The van der Waals surface area contributed by atoms with E-state index < -0.39 is 0 Å². The second kappa shape index (κ2) is 4.10. The highest BCUT2D eigenvalue weighted by atomic mass is 15.2. The number of hydrogen-bond acceptors (Lipinski definition) is 4. The molecule has 2 aromatic heterocycles. The van der Waals surface area contributed by atoms with Gasteiger partial charge in [-0.25, -0.2) is 9.97 Å². The number of nitrogens with two attached hydrogens (primary N) is 1. The molecule has 0 saturated heterocycles. The molecule has 5 heteroatoms. The number of nitrogens with one attached hydrogen (secondary N) is 1. The lowest BCUT2D eigenvalue weighted by atomic mass is 10.1. The van der Waals surface area contributed by atoms with Gasteiger partial charge in [0.25, 0.3) is 0 Å². The molecule has 0 bridgehead atoms. The van der Waals surface area contributed by atoms with Crippen molar-refractivity contribution < 1.29 is 0 Å². The van der Waals surface area contributed by atoms with Crippen LogP contribution in [0.3, 0.4) is 0 Å². The minimum absolute atomic E-state index is 0.448. The van der Waals surface area contributed by atoms with E-state index in [0.717, 1.165) is 23.1 Å². The van der Waals surface area contributed by atoms with Gasteiger partial charge in [0.1, 0.15) is 12.1 Å². The molecule has 1 aliphatic rings. The number of anilines is 1. The summed E-state index contributed by atoms with van der Waals surface area (Å²) in [6, 6.07) is 0. The van der Waals surface area contributed by atoms with Crippen LogP contribution in [0.25, 0.3) is 16.6 Å². The standard InChI is InChI=1S/C13H13N5/c1-8-4-2-3-5-9(6-8)11-10-12(14)15-7-16-13(10)18-17-11/h3-7H,2H2,1H3,(H3,14,15,16,17,18). The maximum absolute atomic E-state index is 5.90. The molecule has 1 aliphatic carbocycles. The number of allylic oxidation sites excluding steroid dienone is 6. The van der Waals surface area contributed by atoms with E-state index in [-0.39, 0.29) is 0 Å². The van der Waals surface area contributed by atoms with Crippen LogP contribution in [-0.4, -0.2) is 20.2 Å². The van der Waals surface area contributed by atoms with Crippen molar-refractivity contribution >= 4 is 22.4 Å². The van der Waals surface area contributed by atoms with Crippen LogP contribution in [-0.2, 0) is 0 Å². The Labute approximate surface area is 104 Å². The number of aromatic amines is 1. The van der Waals surface area contributed by atoms with Gasteiger partial charge in [-0.15, -0.1) is 0 Å². The van der Waals surface area contributed by atoms with Gasteiger partial charge >= 0.3 is 0 Å². The first-order valence-corrected chi connectivity index (χ1v) is 5.75. The zero-order valence-corrected chi connectivity index (χ0v) is 10.0. The van der Waals surface area contributed by atoms with Gasteiger partial charge in [0, 0.05) is 5.57 Å². The zero-order chi connectivity index (χ0) is 12.5. The molecule has 0 atom stereocenters. The topological polar surface area (TPSA) is 80.5 Å². The average molecular weight is 239 g/mol. The summed E-state index contributed by atoms with van der Waals surface area (Å²) in [5.41, 5.74) is 9.63. The van der Waals surface area contributed by atoms with E-state index in [4.69, 9.17) is 5.73 Å². The highest BCUT2D eigenvalue weighted by Crippen LogP contribution is 2.27. The molecule has 0 fully saturated rings. The number of H-pyrrole nitrogens is 1. The van der Waals surface area contributed by atoms with Crippen LogP contribution in [0.5, 0.6) is 0 Å². The SMILES string of the molecule is CC1=CCC=CC(c2[nH]nc3ncnc(N)c23)=C1. The predicted molar refractivity (Wildman–Crippen MR) is 71.6 cm³/mol. The van der Waals surface area contributed by atoms with E-state index >= 15 is 0 Å². The van der Waals surface area contributed by atoms with Gasteiger partial charge in [0.2, 0.25) is 0 Å². The molecule has 90 valence electrons. The number of rotatable bonds is 1. The quantitative estimate of drug-likeness (QED) is 0.799. The molecule has 0 amide bonds. The molecule has 0 aliphatic heterocycles. The van der Waals surface area contributed by atoms with E-state index in [1.54, 1.807) is 0 Å². The summed E-state index contributed by atoms with van der Waals surface area (Å²) < 4.78 is 0. The van der Waals surface area contributed by atoms with Crippen molar-refractivity contribution in [1.29, 1.82) is 0 Å². The third-order valence-electron chi connectivity index (χ3n) is 2.93. The summed E-state index contributed by atoms with van der Waals surface area (Å²) in [6.07, 6.45) is 10.8. The third kappa shape index (κ3) is 1.69. The van der Waals surface area contributed by atoms with Crippen LogP contribution in [0.15, 0.2) is 36.2 Å². The van der Waals surface area contributed by atoms with Gasteiger partial charge in [0.15, 0.2) is 5.65 Å². The molecule has 2 heterocycles. The van der Waals surface area contributed by atoms with Crippen molar-refractivity contribution in [2.75, 3.05) is 5.73 Å². The molecule has 3 N–H and O–H groups in total. The lowest BCUT2D eigenvalue weighted by molar-refractivity contribution is 1.08. The Morgan fingerprint density at radius 2 is 2.22 bits per heavy atom. The highest BCUT2D eigenvalue weighted by molar-refractivity contribution is 5.97. The first-order valence-electron chi connectivity index (χ1n) is 5.75. The maximum atomic E-state index is 5.90.